The first-order valence-corrected chi connectivity index (χ1v) is 11.1. The number of primary amides is 1. The Morgan fingerprint density at radius 3 is 2.81 bits per heavy atom. The number of rotatable bonds is 4. The van der Waals surface area contributed by atoms with Gasteiger partial charge in [0.2, 0.25) is 5.88 Å². The van der Waals surface area contributed by atoms with Crippen LogP contribution in [0.25, 0.3) is 11.1 Å². The van der Waals surface area contributed by atoms with Gasteiger partial charge in [-0.1, -0.05) is 0 Å². The summed E-state index contributed by atoms with van der Waals surface area (Å²) in [7, 11) is 4.26. The highest BCUT2D eigenvalue weighted by molar-refractivity contribution is 6.06. The standard InChI is InChI=1S/C24H29N5O2/c1-28(2)17-6-9-29(10-7-17)20-13-19(22-18(5-8-26-22)21(20)23(25)30)16-12-15-4-3-11-31-24(15)27-14-16/h8,12-14,17H,3-7,9-11H2,1-2H3,(H2,25,30). The summed E-state index contributed by atoms with van der Waals surface area (Å²) in [5.41, 5.74) is 12.4. The number of nitrogens with zero attached hydrogens (tertiary/aromatic N) is 4. The normalized spacial score (nSPS) is 18.1. The maximum atomic E-state index is 12.5. The number of hydrogen-bond acceptors (Lipinski definition) is 6. The third-order valence-corrected chi connectivity index (χ3v) is 6.74. The van der Waals surface area contributed by atoms with Crippen molar-refractivity contribution in [2.24, 2.45) is 10.7 Å². The molecule has 162 valence electrons. The van der Waals surface area contributed by atoms with Gasteiger partial charge in [-0.3, -0.25) is 9.79 Å². The molecule has 1 fully saturated rings. The van der Waals surface area contributed by atoms with Crippen molar-refractivity contribution >= 4 is 23.5 Å². The van der Waals surface area contributed by atoms with Gasteiger partial charge in [-0.25, -0.2) is 4.98 Å². The number of benzene rings is 1. The zero-order valence-electron chi connectivity index (χ0n) is 18.2. The Kier molecular flexibility index (Phi) is 5.14. The van der Waals surface area contributed by atoms with Crippen molar-refractivity contribution in [2.45, 2.75) is 38.1 Å². The molecule has 1 saturated heterocycles. The maximum absolute atomic E-state index is 12.5. The van der Waals surface area contributed by atoms with E-state index < -0.39 is 0 Å². The highest BCUT2D eigenvalue weighted by atomic mass is 16.5. The molecule has 0 aliphatic carbocycles. The number of aromatic nitrogens is 1. The van der Waals surface area contributed by atoms with Crippen LogP contribution in [-0.2, 0) is 12.8 Å². The van der Waals surface area contributed by atoms with Crippen LogP contribution in [0.5, 0.6) is 5.88 Å². The number of carbonyl (C=O) groups excluding carboxylic acids is 1. The summed E-state index contributed by atoms with van der Waals surface area (Å²) in [5.74, 6) is 0.352. The van der Waals surface area contributed by atoms with Crippen LogP contribution in [0, 0.1) is 0 Å². The minimum Gasteiger partial charge on any atom is -0.477 e. The fourth-order valence-electron chi connectivity index (χ4n) is 5.04. The molecule has 4 heterocycles. The van der Waals surface area contributed by atoms with E-state index in [4.69, 9.17) is 10.5 Å². The monoisotopic (exact) mass is 419 g/mol. The molecule has 3 aliphatic heterocycles. The topological polar surface area (TPSA) is 84.0 Å². The van der Waals surface area contributed by atoms with Gasteiger partial charge in [0, 0.05) is 54.7 Å². The predicted molar refractivity (Wildman–Crippen MR) is 123 cm³/mol. The van der Waals surface area contributed by atoms with Gasteiger partial charge in [0.1, 0.15) is 0 Å². The van der Waals surface area contributed by atoms with Crippen molar-refractivity contribution in [3.05, 3.63) is 35.0 Å². The van der Waals surface area contributed by atoms with Crippen LogP contribution in [0.3, 0.4) is 0 Å². The van der Waals surface area contributed by atoms with Gasteiger partial charge in [0.05, 0.1) is 23.5 Å². The van der Waals surface area contributed by atoms with Gasteiger partial charge < -0.3 is 20.3 Å². The first kappa shape index (κ1) is 20.0. The predicted octanol–water partition coefficient (Wildman–Crippen LogP) is 2.96. The number of carbonyl (C=O) groups is 1. The molecule has 1 aromatic carbocycles. The van der Waals surface area contributed by atoms with Crippen molar-refractivity contribution in [1.82, 2.24) is 9.88 Å². The van der Waals surface area contributed by atoms with Crippen molar-refractivity contribution in [3.8, 4) is 17.0 Å². The molecule has 1 amide bonds. The van der Waals surface area contributed by atoms with Crippen molar-refractivity contribution in [3.63, 3.8) is 0 Å². The van der Waals surface area contributed by atoms with Gasteiger partial charge in [-0.05, 0) is 57.5 Å². The second-order valence-corrected chi connectivity index (χ2v) is 8.85. The molecule has 7 nitrogen and oxygen atoms in total. The number of piperidine rings is 1. The highest BCUT2D eigenvalue weighted by Crippen LogP contribution is 2.44. The maximum Gasteiger partial charge on any atom is 0.251 e. The quantitative estimate of drug-likeness (QED) is 0.824. The lowest BCUT2D eigenvalue weighted by molar-refractivity contribution is 0.1000. The van der Waals surface area contributed by atoms with Gasteiger partial charge in [-0.15, -0.1) is 0 Å². The third-order valence-electron chi connectivity index (χ3n) is 6.74. The van der Waals surface area contributed by atoms with Crippen LogP contribution >= 0.6 is 0 Å². The van der Waals surface area contributed by atoms with Crippen LogP contribution < -0.4 is 15.4 Å². The average Bonchev–Trinajstić information content (AvgIpc) is 3.27. The molecule has 0 unspecified atom stereocenters. The average molecular weight is 420 g/mol. The van der Waals surface area contributed by atoms with Crippen LogP contribution in [0.1, 0.15) is 40.7 Å². The zero-order valence-corrected chi connectivity index (χ0v) is 18.2. The molecule has 0 atom stereocenters. The van der Waals surface area contributed by atoms with E-state index in [0.29, 0.717) is 18.0 Å². The van der Waals surface area contributed by atoms with E-state index in [2.05, 4.69) is 46.0 Å². The number of fused-ring (bicyclic) bond motifs is 2. The van der Waals surface area contributed by atoms with E-state index in [1.54, 1.807) is 0 Å². The zero-order chi connectivity index (χ0) is 21.5. The number of nitrogens with two attached hydrogens (primary N) is 1. The van der Waals surface area contributed by atoms with Crippen LogP contribution in [-0.4, -0.2) is 61.8 Å². The second-order valence-electron chi connectivity index (χ2n) is 8.85. The van der Waals surface area contributed by atoms with Crippen LogP contribution in [0.4, 0.5) is 11.4 Å². The SMILES string of the molecule is CN(C)C1CCN(c2cc(-c3cnc4c(c3)CCCO4)c3c(c2C(N)=O)CC=N3)CC1. The number of aryl methyl sites for hydroxylation is 1. The first-order valence-electron chi connectivity index (χ1n) is 11.1. The summed E-state index contributed by atoms with van der Waals surface area (Å²) in [6.45, 7) is 2.52. The molecule has 5 rings (SSSR count). The van der Waals surface area contributed by atoms with Gasteiger partial charge >= 0.3 is 0 Å². The fourth-order valence-corrected chi connectivity index (χ4v) is 5.04. The van der Waals surface area contributed by atoms with Crippen LogP contribution in [0.15, 0.2) is 23.3 Å². The summed E-state index contributed by atoms with van der Waals surface area (Å²) in [5, 5.41) is 0. The van der Waals surface area contributed by atoms with Crippen molar-refractivity contribution in [1.29, 1.82) is 0 Å². The molecule has 0 bridgehead atoms. The summed E-state index contributed by atoms with van der Waals surface area (Å²) in [6, 6.07) is 4.83. The van der Waals surface area contributed by atoms with E-state index in [1.165, 1.54) is 0 Å². The number of ether oxygens (including phenoxy) is 1. The van der Waals surface area contributed by atoms with E-state index in [0.717, 1.165) is 84.9 Å². The molecule has 0 radical (unpaired) electrons. The van der Waals surface area contributed by atoms with Gasteiger partial charge in [-0.2, -0.15) is 0 Å². The lowest BCUT2D eigenvalue weighted by atomic mass is 9.92. The molecule has 0 saturated carbocycles. The lowest BCUT2D eigenvalue weighted by Crippen LogP contribution is -2.42. The Bertz CT molecular complexity index is 1050. The van der Waals surface area contributed by atoms with E-state index >= 15 is 0 Å². The smallest absolute Gasteiger partial charge is 0.251 e. The lowest BCUT2D eigenvalue weighted by Gasteiger charge is -2.37. The van der Waals surface area contributed by atoms with E-state index in [1.807, 2.05) is 12.4 Å². The summed E-state index contributed by atoms with van der Waals surface area (Å²) < 4.78 is 5.69. The van der Waals surface area contributed by atoms with Gasteiger partial charge in [0.25, 0.3) is 5.91 Å². The Labute approximate surface area is 182 Å². The molecule has 2 N–H and O–H groups in total. The van der Waals surface area contributed by atoms with Crippen LogP contribution in [0.2, 0.25) is 0 Å². The van der Waals surface area contributed by atoms with E-state index in [-0.39, 0.29) is 5.91 Å². The minimum absolute atomic E-state index is 0.380. The van der Waals surface area contributed by atoms with Gasteiger partial charge in [0.15, 0.2) is 0 Å². The highest BCUT2D eigenvalue weighted by Gasteiger charge is 2.29. The van der Waals surface area contributed by atoms with Crippen molar-refractivity contribution in [2.75, 3.05) is 38.7 Å². The second kappa shape index (κ2) is 7.96. The summed E-state index contributed by atoms with van der Waals surface area (Å²) >= 11 is 0. The Balaban J connectivity index is 1.60. The molecule has 0 spiro atoms. The number of pyridine rings is 1. The molecule has 1 aromatic heterocycles. The number of aliphatic imine (C=N–C) groups is 1. The minimum atomic E-state index is -0.380. The molecular formula is C24H29N5O2. The number of anilines is 1. The molecule has 7 heteroatoms. The van der Waals surface area contributed by atoms with Crippen molar-refractivity contribution < 1.29 is 9.53 Å². The Hall–Kier alpha value is -2.93. The third kappa shape index (κ3) is 3.57. The molecular weight excluding hydrogens is 390 g/mol. The summed E-state index contributed by atoms with van der Waals surface area (Å²) in [6.07, 6.45) is 8.45. The van der Waals surface area contributed by atoms with E-state index in [9.17, 15) is 4.79 Å². The summed E-state index contributed by atoms with van der Waals surface area (Å²) in [4.78, 5) is 26.3. The number of amides is 1. The molecule has 3 aliphatic rings. The molecule has 31 heavy (non-hydrogen) atoms. The number of hydrogen-bond donors (Lipinski definition) is 1. The Morgan fingerprint density at radius 1 is 1.26 bits per heavy atom. The largest absolute Gasteiger partial charge is 0.477 e. The molecule has 2 aromatic rings. The first-order chi connectivity index (χ1) is 15.0. The fraction of sp³-hybridized carbons (Fsp3) is 0.458. The Morgan fingerprint density at radius 2 is 2.06 bits per heavy atom.